The maximum Gasteiger partial charge on any atom is 0.419 e. The molecule has 1 saturated heterocycles. The Balaban J connectivity index is 1.62. The lowest BCUT2D eigenvalue weighted by molar-refractivity contribution is -0.138. The lowest BCUT2D eigenvalue weighted by Crippen LogP contribution is -2.57. The standard InChI is InChI=1S/C23H23F5N6O2S/c1-12-7-22(24,25)11-34(16(12)10-31-21-29-8-14(9-30-21)23(26,27)28)20(35)18-19(37-13(2)32-18)15-5-4-6-17(33-15)36-3/h4-6,8-9,12,16H,7,10-11H2,1-3H3,(H,29,30,31). The molecule has 4 rings (SSSR count). The third kappa shape index (κ3) is 5.95. The normalized spacial score (nSPS) is 19.5. The minimum Gasteiger partial charge on any atom is -0.481 e. The lowest BCUT2D eigenvalue weighted by Gasteiger charge is -2.43. The summed E-state index contributed by atoms with van der Waals surface area (Å²) < 4.78 is 72.7. The molecule has 0 radical (unpaired) electrons. The number of nitrogens with zero attached hydrogens (tertiary/aromatic N) is 5. The van der Waals surface area contributed by atoms with E-state index in [9.17, 15) is 26.7 Å². The van der Waals surface area contributed by atoms with Crippen molar-refractivity contribution < 1.29 is 31.5 Å². The number of thiazole rings is 1. The van der Waals surface area contributed by atoms with Crippen LogP contribution in [0.15, 0.2) is 30.6 Å². The number of piperidine rings is 1. The van der Waals surface area contributed by atoms with Gasteiger partial charge in [-0.2, -0.15) is 13.2 Å². The number of hydrogen-bond donors (Lipinski definition) is 1. The number of methoxy groups -OCH3 is 1. The molecule has 1 amide bonds. The minimum atomic E-state index is -4.59. The SMILES string of the molecule is COc1cccc(-c2sc(C)nc2C(=O)N2CC(F)(F)CC(C)C2CNc2ncc(C(F)(F)F)cn2)n1. The molecule has 0 aromatic carbocycles. The molecule has 3 aromatic heterocycles. The number of aromatic nitrogens is 4. The number of halogens is 5. The Labute approximate surface area is 212 Å². The first-order chi connectivity index (χ1) is 17.4. The highest BCUT2D eigenvalue weighted by molar-refractivity contribution is 7.15. The Kier molecular flexibility index (Phi) is 7.31. The highest BCUT2D eigenvalue weighted by Gasteiger charge is 2.47. The fraction of sp³-hybridized carbons (Fsp3) is 0.435. The Bertz CT molecular complexity index is 1270. The largest absolute Gasteiger partial charge is 0.481 e. The molecule has 2 unspecified atom stereocenters. The summed E-state index contributed by atoms with van der Waals surface area (Å²) in [5, 5.41) is 3.33. The fourth-order valence-electron chi connectivity index (χ4n) is 4.18. The molecule has 198 valence electrons. The van der Waals surface area contributed by atoms with Crippen molar-refractivity contribution in [3.8, 4) is 16.5 Å². The number of alkyl halides is 5. The maximum absolute atomic E-state index is 14.6. The second-order valence-corrected chi connectivity index (χ2v) is 9.89. The second-order valence-electron chi connectivity index (χ2n) is 8.69. The number of hydrogen-bond acceptors (Lipinski definition) is 8. The molecule has 3 aromatic rings. The molecule has 14 heteroatoms. The number of carbonyl (C=O) groups is 1. The number of carbonyl (C=O) groups excluding carboxylic acids is 1. The predicted molar refractivity (Wildman–Crippen MR) is 126 cm³/mol. The first kappa shape index (κ1) is 26.6. The zero-order valence-electron chi connectivity index (χ0n) is 20.0. The van der Waals surface area contributed by atoms with Crippen LogP contribution in [0.1, 0.15) is 34.4 Å². The van der Waals surface area contributed by atoms with Gasteiger partial charge >= 0.3 is 6.18 Å². The van der Waals surface area contributed by atoms with E-state index in [1.165, 1.54) is 18.4 Å². The zero-order valence-corrected chi connectivity index (χ0v) is 20.8. The Morgan fingerprint density at radius 3 is 2.59 bits per heavy atom. The molecule has 37 heavy (non-hydrogen) atoms. The summed E-state index contributed by atoms with van der Waals surface area (Å²) in [4.78, 5) is 31.1. The van der Waals surface area contributed by atoms with Gasteiger partial charge in [0, 0.05) is 31.4 Å². The third-order valence-electron chi connectivity index (χ3n) is 5.89. The number of ether oxygens (including phenoxy) is 1. The van der Waals surface area contributed by atoms with Crippen molar-refractivity contribution in [2.45, 2.75) is 38.4 Å². The molecule has 8 nitrogen and oxygen atoms in total. The van der Waals surface area contributed by atoms with Gasteiger partial charge in [0.25, 0.3) is 11.8 Å². The van der Waals surface area contributed by atoms with E-state index in [0.717, 1.165) is 4.90 Å². The summed E-state index contributed by atoms with van der Waals surface area (Å²) in [6.45, 7) is 2.39. The molecule has 2 atom stereocenters. The molecule has 0 saturated carbocycles. The van der Waals surface area contributed by atoms with Gasteiger partial charge < -0.3 is 15.0 Å². The van der Waals surface area contributed by atoms with Crippen LogP contribution in [-0.4, -0.2) is 62.9 Å². The zero-order chi connectivity index (χ0) is 27.0. The fourth-order valence-corrected chi connectivity index (χ4v) is 5.06. The lowest BCUT2D eigenvalue weighted by atomic mass is 9.88. The summed E-state index contributed by atoms with van der Waals surface area (Å²) in [7, 11) is 1.45. The van der Waals surface area contributed by atoms with Gasteiger partial charge in [-0.25, -0.2) is 28.7 Å². The van der Waals surface area contributed by atoms with Gasteiger partial charge in [-0.3, -0.25) is 4.79 Å². The average Bonchev–Trinajstić information content (AvgIpc) is 3.23. The number of nitrogens with one attached hydrogen (secondary N) is 1. The molecule has 0 spiro atoms. The van der Waals surface area contributed by atoms with E-state index in [4.69, 9.17) is 4.74 Å². The number of aryl methyl sites for hydroxylation is 1. The summed E-state index contributed by atoms with van der Waals surface area (Å²) in [5.74, 6) is -4.27. The highest BCUT2D eigenvalue weighted by Crippen LogP contribution is 2.37. The number of likely N-dealkylation sites (tertiary alicyclic amines) is 1. The quantitative estimate of drug-likeness (QED) is 0.442. The van der Waals surface area contributed by atoms with Crippen LogP contribution < -0.4 is 10.1 Å². The summed E-state index contributed by atoms with van der Waals surface area (Å²) in [6, 6.07) is 4.27. The summed E-state index contributed by atoms with van der Waals surface area (Å²) in [6.07, 6.45) is -3.80. The first-order valence-corrected chi connectivity index (χ1v) is 12.0. The van der Waals surface area contributed by atoms with E-state index in [1.807, 2.05) is 0 Å². The van der Waals surface area contributed by atoms with Crippen LogP contribution in [0, 0.1) is 12.8 Å². The monoisotopic (exact) mass is 542 g/mol. The van der Waals surface area contributed by atoms with Gasteiger partial charge in [-0.05, 0) is 18.9 Å². The molecular weight excluding hydrogens is 519 g/mol. The van der Waals surface area contributed by atoms with Crippen LogP contribution >= 0.6 is 11.3 Å². The van der Waals surface area contributed by atoms with Crippen LogP contribution in [0.3, 0.4) is 0 Å². The van der Waals surface area contributed by atoms with E-state index in [1.54, 1.807) is 32.0 Å². The van der Waals surface area contributed by atoms with Crippen LogP contribution in [0.5, 0.6) is 5.88 Å². The molecule has 0 bridgehead atoms. The number of anilines is 1. The molecule has 1 N–H and O–H groups in total. The van der Waals surface area contributed by atoms with E-state index in [0.29, 0.717) is 33.9 Å². The van der Waals surface area contributed by atoms with Crippen LogP contribution in [0.2, 0.25) is 0 Å². The summed E-state index contributed by atoms with van der Waals surface area (Å²) >= 11 is 1.20. The van der Waals surface area contributed by atoms with E-state index < -0.39 is 48.5 Å². The van der Waals surface area contributed by atoms with Crippen molar-refractivity contribution in [3.05, 3.63) is 46.9 Å². The van der Waals surface area contributed by atoms with Gasteiger partial charge in [-0.1, -0.05) is 13.0 Å². The van der Waals surface area contributed by atoms with Crippen molar-refractivity contribution in [1.82, 2.24) is 24.8 Å². The molecule has 4 heterocycles. The van der Waals surface area contributed by atoms with Gasteiger partial charge in [0.05, 0.1) is 40.8 Å². The van der Waals surface area contributed by atoms with E-state index >= 15 is 0 Å². The predicted octanol–water partition coefficient (Wildman–Crippen LogP) is 4.93. The highest BCUT2D eigenvalue weighted by atomic mass is 32.1. The van der Waals surface area contributed by atoms with Crippen LogP contribution in [0.25, 0.3) is 10.6 Å². The number of rotatable bonds is 6. The third-order valence-corrected chi connectivity index (χ3v) is 6.88. The average molecular weight is 543 g/mol. The van der Waals surface area contributed by atoms with Crippen LogP contribution in [0.4, 0.5) is 27.9 Å². The Morgan fingerprint density at radius 1 is 1.24 bits per heavy atom. The number of pyridine rings is 1. The van der Waals surface area contributed by atoms with Crippen LogP contribution in [-0.2, 0) is 6.18 Å². The van der Waals surface area contributed by atoms with Crippen molar-refractivity contribution in [2.75, 3.05) is 25.5 Å². The Hall–Kier alpha value is -3.42. The number of amides is 1. The maximum atomic E-state index is 14.6. The topological polar surface area (TPSA) is 93.1 Å². The van der Waals surface area contributed by atoms with Crippen molar-refractivity contribution in [3.63, 3.8) is 0 Å². The molecule has 1 aliphatic rings. The molecular formula is C23H23F5N6O2S. The molecule has 1 fully saturated rings. The second kappa shape index (κ2) is 10.1. The smallest absolute Gasteiger partial charge is 0.419 e. The van der Waals surface area contributed by atoms with Crippen molar-refractivity contribution in [2.24, 2.45) is 5.92 Å². The summed E-state index contributed by atoms with van der Waals surface area (Å²) in [5.41, 5.74) is -0.611. The van der Waals surface area contributed by atoms with Crippen molar-refractivity contribution >= 4 is 23.2 Å². The first-order valence-electron chi connectivity index (χ1n) is 11.2. The minimum absolute atomic E-state index is 0.0102. The molecule has 0 aliphatic carbocycles. The van der Waals surface area contributed by atoms with Gasteiger partial charge in [0.2, 0.25) is 11.8 Å². The Morgan fingerprint density at radius 2 is 1.95 bits per heavy atom. The van der Waals surface area contributed by atoms with Crippen molar-refractivity contribution in [1.29, 1.82) is 0 Å². The van der Waals surface area contributed by atoms with Gasteiger partial charge in [0.15, 0.2) is 0 Å². The molecule has 1 aliphatic heterocycles. The van der Waals surface area contributed by atoms with E-state index in [2.05, 4.69) is 25.3 Å². The van der Waals surface area contributed by atoms with E-state index in [-0.39, 0.29) is 18.2 Å². The van der Waals surface area contributed by atoms with Gasteiger partial charge in [0.1, 0.15) is 5.69 Å². The van der Waals surface area contributed by atoms with Gasteiger partial charge in [-0.15, -0.1) is 11.3 Å².